The highest BCUT2D eigenvalue weighted by molar-refractivity contribution is 6.06. The van der Waals surface area contributed by atoms with E-state index in [4.69, 9.17) is 12.2 Å². The van der Waals surface area contributed by atoms with Crippen LogP contribution in [0.1, 0.15) is 11.1 Å². The van der Waals surface area contributed by atoms with E-state index in [2.05, 4.69) is 5.92 Å². The molecular weight excluding hydrogens is 188 g/mol. The second-order valence-electron chi connectivity index (χ2n) is 3.52. The molecule has 1 amide bonds. The molecule has 1 aromatic carbocycles. The first-order valence-electron chi connectivity index (χ1n) is 4.86. The van der Waals surface area contributed by atoms with Gasteiger partial charge in [-0.25, -0.2) is 0 Å². The number of carbonyl (C=O) groups excluding carboxylic acids is 1. The minimum atomic E-state index is -0.269. The van der Waals surface area contributed by atoms with E-state index in [1.807, 2.05) is 18.2 Å². The normalized spacial score (nSPS) is 13.5. The molecule has 2 N–H and O–H groups in total. The summed E-state index contributed by atoms with van der Waals surface area (Å²) in [5.41, 5.74) is 8.72. The standard InChI is InChI=1S/C12H12N2O/c1-2-12(15)14-6-5-10-7-9(8-13)3-4-11(10)14/h1,3-4,7H,5-6,8,13H2. The molecule has 0 radical (unpaired) electrons. The maximum absolute atomic E-state index is 11.4. The maximum Gasteiger partial charge on any atom is 0.302 e. The Balaban J connectivity index is 2.37. The minimum absolute atomic E-state index is 0.269. The highest BCUT2D eigenvalue weighted by Gasteiger charge is 2.23. The summed E-state index contributed by atoms with van der Waals surface area (Å²) in [5, 5.41) is 0. The van der Waals surface area contributed by atoms with Gasteiger partial charge in [0.25, 0.3) is 0 Å². The van der Waals surface area contributed by atoms with Gasteiger partial charge in [0.15, 0.2) is 0 Å². The molecule has 1 aliphatic rings. The summed E-state index contributed by atoms with van der Waals surface area (Å²) in [7, 11) is 0. The fourth-order valence-corrected chi connectivity index (χ4v) is 1.87. The van der Waals surface area contributed by atoms with Crippen LogP contribution in [0.25, 0.3) is 0 Å². The third kappa shape index (κ3) is 1.60. The van der Waals surface area contributed by atoms with Crippen molar-refractivity contribution < 1.29 is 4.79 Å². The average Bonchev–Trinajstić information content (AvgIpc) is 2.70. The number of nitrogens with zero attached hydrogens (tertiary/aromatic N) is 1. The van der Waals surface area contributed by atoms with Crippen LogP contribution in [0.5, 0.6) is 0 Å². The number of hydrogen-bond donors (Lipinski definition) is 1. The van der Waals surface area contributed by atoms with Crippen molar-refractivity contribution in [1.82, 2.24) is 0 Å². The van der Waals surface area contributed by atoms with Crippen LogP contribution in [0.2, 0.25) is 0 Å². The van der Waals surface area contributed by atoms with Crippen molar-refractivity contribution >= 4 is 11.6 Å². The molecule has 1 heterocycles. The zero-order valence-corrected chi connectivity index (χ0v) is 8.36. The largest absolute Gasteiger partial charge is 0.326 e. The number of fused-ring (bicyclic) bond motifs is 1. The highest BCUT2D eigenvalue weighted by Crippen LogP contribution is 2.28. The van der Waals surface area contributed by atoms with Crippen molar-refractivity contribution in [2.75, 3.05) is 11.4 Å². The number of nitrogens with two attached hydrogens (primary N) is 1. The molecule has 3 nitrogen and oxygen atoms in total. The Morgan fingerprint density at radius 3 is 3.07 bits per heavy atom. The molecule has 0 unspecified atom stereocenters. The van der Waals surface area contributed by atoms with Crippen molar-refractivity contribution in [3.63, 3.8) is 0 Å². The maximum atomic E-state index is 11.4. The molecule has 0 aliphatic carbocycles. The van der Waals surface area contributed by atoms with E-state index < -0.39 is 0 Å². The lowest BCUT2D eigenvalue weighted by atomic mass is 10.1. The van der Waals surface area contributed by atoms with Gasteiger partial charge in [0, 0.05) is 18.8 Å². The molecule has 0 spiro atoms. The minimum Gasteiger partial charge on any atom is -0.326 e. The van der Waals surface area contributed by atoms with Gasteiger partial charge in [-0.05, 0) is 29.5 Å². The smallest absolute Gasteiger partial charge is 0.302 e. The van der Waals surface area contributed by atoms with Crippen LogP contribution in [-0.4, -0.2) is 12.5 Å². The molecule has 0 saturated heterocycles. The van der Waals surface area contributed by atoms with Crippen molar-refractivity contribution in [3.05, 3.63) is 29.3 Å². The quantitative estimate of drug-likeness (QED) is 0.677. The van der Waals surface area contributed by atoms with Gasteiger partial charge in [-0.15, -0.1) is 6.42 Å². The highest BCUT2D eigenvalue weighted by atomic mass is 16.2. The van der Waals surface area contributed by atoms with Crippen molar-refractivity contribution in [1.29, 1.82) is 0 Å². The number of rotatable bonds is 1. The number of terminal acetylenes is 1. The predicted octanol–water partition coefficient (Wildman–Crippen LogP) is 0.668. The summed E-state index contributed by atoms with van der Waals surface area (Å²) in [4.78, 5) is 13.0. The lowest BCUT2D eigenvalue weighted by Gasteiger charge is -2.13. The molecule has 0 saturated carbocycles. The number of amides is 1. The van der Waals surface area contributed by atoms with Gasteiger partial charge < -0.3 is 10.6 Å². The third-order valence-corrected chi connectivity index (χ3v) is 2.64. The second-order valence-corrected chi connectivity index (χ2v) is 3.52. The van der Waals surface area contributed by atoms with Crippen LogP contribution in [0.4, 0.5) is 5.69 Å². The summed E-state index contributed by atoms with van der Waals surface area (Å²) in [6.07, 6.45) is 5.96. The van der Waals surface area contributed by atoms with Gasteiger partial charge in [0.1, 0.15) is 0 Å². The Labute approximate surface area is 88.9 Å². The first-order chi connectivity index (χ1) is 7.26. The zero-order valence-electron chi connectivity index (χ0n) is 8.36. The summed E-state index contributed by atoms with van der Waals surface area (Å²) in [6.45, 7) is 1.20. The molecule has 76 valence electrons. The fraction of sp³-hybridized carbons (Fsp3) is 0.250. The topological polar surface area (TPSA) is 46.3 Å². The third-order valence-electron chi connectivity index (χ3n) is 2.64. The number of hydrogen-bond acceptors (Lipinski definition) is 2. The molecule has 0 fully saturated rings. The Hall–Kier alpha value is -1.79. The molecule has 3 heteroatoms. The van der Waals surface area contributed by atoms with Crippen LogP contribution < -0.4 is 10.6 Å². The number of carbonyl (C=O) groups is 1. The Kier molecular flexibility index (Phi) is 2.44. The van der Waals surface area contributed by atoms with Gasteiger partial charge in [0.2, 0.25) is 0 Å². The van der Waals surface area contributed by atoms with Crippen LogP contribution in [0.3, 0.4) is 0 Å². The number of anilines is 1. The van der Waals surface area contributed by atoms with Crippen molar-refractivity contribution in [3.8, 4) is 12.3 Å². The van der Waals surface area contributed by atoms with E-state index in [9.17, 15) is 4.79 Å². The molecule has 2 rings (SSSR count). The lowest BCUT2D eigenvalue weighted by molar-refractivity contribution is -0.113. The molecule has 0 bridgehead atoms. The molecule has 0 aromatic heterocycles. The summed E-state index contributed by atoms with van der Waals surface area (Å²) < 4.78 is 0. The lowest BCUT2D eigenvalue weighted by Crippen LogP contribution is -2.27. The Bertz CT molecular complexity index is 445. The molecule has 1 aliphatic heterocycles. The summed E-state index contributed by atoms with van der Waals surface area (Å²) in [5.74, 6) is 1.87. The first kappa shape index (κ1) is 9.75. The van der Waals surface area contributed by atoms with Crippen molar-refractivity contribution in [2.45, 2.75) is 13.0 Å². The second kappa shape index (κ2) is 3.76. The van der Waals surface area contributed by atoms with Gasteiger partial charge in [-0.1, -0.05) is 12.1 Å². The predicted molar refractivity (Wildman–Crippen MR) is 59.2 cm³/mol. The monoisotopic (exact) mass is 200 g/mol. The van der Waals surface area contributed by atoms with E-state index in [1.54, 1.807) is 4.90 Å². The number of benzene rings is 1. The van der Waals surface area contributed by atoms with Gasteiger partial charge >= 0.3 is 5.91 Å². The fourth-order valence-electron chi connectivity index (χ4n) is 1.87. The Morgan fingerprint density at radius 2 is 2.40 bits per heavy atom. The average molecular weight is 200 g/mol. The Morgan fingerprint density at radius 1 is 1.60 bits per heavy atom. The van der Waals surface area contributed by atoms with E-state index in [1.165, 1.54) is 0 Å². The molecule has 1 aromatic rings. The van der Waals surface area contributed by atoms with E-state index in [0.29, 0.717) is 13.1 Å². The first-order valence-corrected chi connectivity index (χ1v) is 4.86. The van der Waals surface area contributed by atoms with Crippen molar-refractivity contribution in [2.24, 2.45) is 5.73 Å². The van der Waals surface area contributed by atoms with Crippen LogP contribution in [0.15, 0.2) is 18.2 Å². The SMILES string of the molecule is C#CC(=O)N1CCc2cc(CN)ccc21. The van der Waals surface area contributed by atoms with E-state index >= 15 is 0 Å². The van der Waals surface area contributed by atoms with Gasteiger partial charge in [0.05, 0.1) is 0 Å². The molecule has 15 heavy (non-hydrogen) atoms. The van der Waals surface area contributed by atoms with Gasteiger partial charge in [-0.3, -0.25) is 4.79 Å². The van der Waals surface area contributed by atoms with Crippen LogP contribution in [-0.2, 0) is 17.8 Å². The molecular formula is C12H12N2O. The summed E-state index contributed by atoms with van der Waals surface area (Å²) in [6, 6.07) is 5.89. The zero-order chi connectivity index (χ0) is 10.8. The van der Waals surface area contributed by atoms with Crippen LogP contribution >= 0.6 is 0 Å². The summed E-state index contributed by atoms with van der Waals surface area (Å²) >= 11 is 0. The molecule has 0 atom stereocenters. The van der Waals surface area contributed by atoms with E-state index in [-0.39, 0.29) is 5.91 Å². The van der Waals surface area contributed by atoms with E-state index in [0.717, 1.165) is 23.2 Å². The van der Waals surface area contributed by atoms with Gasteiger partial charge in [-0.2, -0.15) is 0 Å². The van der Waals surface area contributed by atoms with Crippen LogP contribution in [0, 0.1) is 12.3 Å².